The number of aryl methyl sites for hydroxylation is 1. The lowest BCUT2D eigenvalue weighted by Gasteiger charge is -2.09. The van der Waals surface area contributed by atoms with Crippen LogP contribution in [0.25, 0.3) is 6.08 Å². The SMILES string of the molecule is Cc1cc(NS(=O)(=O)c2ccc(NC(=S)NC(=O)/C=C/c3ccc([N+](=O)[O-])cc3)cc2)no1. The normalized spacial score (nSPS) is 11.2. The van der Waals surface area contributed by atoms with Crippen molar-refractivity contribution >= 4 is 56.5 Å². The first-order valence-corrected chi connectivity index (χ1v) is 11.1. The lowest BCUT2D eigenvalue weighted by atomic mass is 10.2. The molecule has 0 aliphatic heterocycles. The first-order valence-electron chi connectivity index (χ1n) is 9.23. The van der Waals surface area contributed by atoms with E-state index in [0.29, 0.717) is 17.0 Å². The van der Waals surface area contributed by atoms with Gasteiger partial charge in [-0.25, -0.2) is 8.42 Å². The van der Waals surface area contributed by atoms with E-state index in [1.165, 1.54) is 66.7 Å². The van der Waals surface area contributed by atoms with Gasteiger partial charge >= 0.3 is 0 Å². The van der Waals surface area contributed by atoms with Crippen molar-refractivity contribution in [2.24, 2.45) is 0 Å². The molecule has 1 amide bonds. The van der Waals surface area contributed by atoms with Gasteiger partial charge in [0, 0.05) is 30.0 Å². The summed E-state index contributed by atoms with van der Waals surface area (Å²) in [5, 5.41) is 19.5. The summed E-state index contributed by atoms with van der Waals surface area (Å²) in [6, 6.07) is 12.8. The van der Waals surface area contributed by atoms with Gasteiger partial charge < -0.3 is 9.84 Å². The molecule has 33 heavy (non-hydrogen) atoms. The highest BCUT2D eigenvalue weighted by atomic mass is 32.2. The van der Waals surface area contributed by atoms with E-state index in [9.17, 15) is 23.3 Å². The van der Waals surface area contributed by atoms with Gasteiger partial charge in [-0.05, 0) is 67.2 Å². The fourth-order valence-electron chi connectivity index (χ4n) is 2.52. The van der Waals surface area contributed by atoms with E-state index in [2.05, 4.69) is 20.5 Å². The molecule has 0 aliphatic rings. The number of carbonyl (C=O) groups is 1. The Bertz CT molecular complexity index is 1320. The number of amides is 1. The number of sulfonamides is 1. The molecule has 3 rings (SSSR count). The largest absolute Gasteiger partial charge is 0.360 e. The summed E-state index contributed by atoms with van der Waals surface area (Å²) in [7, 11) is -3.85. The number of nitrogens with one attached hydrogen (secondary N) is 3. The zero-order valence-electron chi connectivity index (χ0n) is 17.0. The number of nitro benzene ring substituents is 1. The summed E-state index contributed by atoms with van der Waals surface area (Å²) >= 11 is 5.08. The Kier molecular flexibility index (Phi) is 7.15. The standard InChI is InChI=1S/C20H17N5O6S2/c1-13-12-18(23-31-13)24-33(29,30)17-9-5-15(6-10-17)21-20(32)22-19(26)11-4-14-2-7-16(8-3-14)25(27)28/h2-12H,1H3,(H,23,24)(H2,21,22,26,32)/b11-4+. The van der Waals surface area contributed by atoms with E-state index in [1.54, 1.807) is 6.92 Å². The maximum absolute atomic E-state index is 12.4. The van der Waals surface area contributed by atoms with E-state index < -0.39 is 20.9 Å². The number of thiocarbonyl (C=S) groups is 1. The maximum Gasteiger partial charge on any atom is 0.269 e. The van der Waals surface area contributed by atoms with Gasteiger partial charge in [0.25, 0.3) is 15.7 Å². The summed E-state index contributed by atoms with van der Waals surface area (Å²) < 4.78 is 31.9. The first-order chi connectivity index (χ1) is 15.6. The highest BCUT2D eigenvalue weighted by Gasteiger charge is 2.16. The van der Waals surface area contributed by atoms with Gasteiger partial charge in [-0.3, -0.25) is 24.9 Å². The minimum atomic E-state index is -3.85. The number of aromatic nitrogens is 1. The monoisotopic (exact) mass is 487 g/mol. The van der Waals surface area contributed by atoms with Crippen molar-refractivity contribution in [1.29, 1.82) is 0 Å². The van der Waals surface area contributed by atoms with Gasteiger partial charge in [-0.15, -0.1) is 0 Å². The van der Waals surface area contributed by atoms with Crippen molar-refractivity contribution in [3.05, 3.63) is 82.1 Å². The molecule has 3 N–H and O–H groups in total. The van der Waals surface area contributed by atoms with Crippen LogP contribution in [-0.4, -0.2) is 29.5 Å². The van der Waals surface area contributed by atoms with Gasteiger partial charge in [-0.1, -0.05) is 5.16 Å². The van der Waals surface area contributed by atoms with E-state index in [0.717, 1.165) is 0 Å². The molecule has 0 bridgehead atoms. The molecule has 2 aromatic carbocycles. The third-order valence-corrected chi connectivity index (χ3v) is 5.63. The molecule has 13 heteroatoms. The fourth-order valence-corrected chi connectivity index (χ4v) is 3.73. The molecule has 0 atom stereocenters. The van der Waals surface area contributed by atoms with Crippen LogP contribution in [-0.2, 0) is 14.8 Å². The summed E-state index contributed by atoms with van der Waals surface area (Å²) in [4.78, 5) is 22.2. The van der Waals surface area contributed by atoms with Gasteiger partial charge in [0.1, 0.15) is 5.76 Å². The van der Waals surface area contributed by atoms with Crippen molar-refractivity contribution in [2.75, 3.05) is 10.0 Å². The van der Waals surface area contributed by atoms with Crippen LogP contribution in [0.15, 0.2) is 70.1 Å². The van der Waals surface area contributed by atoms with E-state index in [-0.39, 0.29) is 21.5 Å². The quantitative estimate of drug-likeness (QED) is 0.197. The van der Waals surface area contributed by atoms with Crippen molar-refractivity contribution in [3.8, 4) is 0 Å². The summed E-state index contributed by atoms with van der Waals surface area (Å²) in [6.07, 6.45) is 2.70. The Balaban J connectivity index is 1.54. The number of non-ortho nitro benzene ring substituents is 1. The van der Waals surface area contributed by atoms with Gasteiger partial charge in [0.2, 0.25) is 5.91 Å². The van der Waals surface area contributed by atoms with Crippen LogP contribution >= 0.6 is 12.2 Å². The molecule has 3 aromatic rings. The summed E-state index contributed by atoms with van der Waals surface area (Å²) in [5.41, 5.74) is 1.00. The second-order valence-electron chi connectivity index (χ2n) is 6.58. The Labute approximate surface area is 193 Å². The second-order valence-corrected chi connectivity index (χ2v) is 8.67. The van der Waals surface area contributed by atoms with Gasteiger partial charge in [-0.2, -0.15) is 0 Å². The lowest BCUT2D eigenvalue weighted by Crippen LogP contribution is -2.32. The molecule has 0 spiro atoms. The molecule has 11 nitrogen and oxygen atoms in total. The molecule has 0 fully saturated rings. The number of nitrogens with zero attached hydrogens (tertiary/aromatic N) is 2. The third kappa shape index (κ3) is 6.69. The van der Waals surface area contributed by atoms with Crippen LogP contribution in [0.4, 0.5) is 17.2 Å². The Morgan fingerprint density at radius 1 is 1.15 bits per heavy atom. The number of hydrogen-bond donors (Lipinski definition) is 3. The molecule has 1 aromatic heterocycles. The molecule has 0 saturated carbocycles. The van der Waals surface area contributed by atoms with E-state index in [1.807, 2.05) is 0 Å². The maximum atomic E-state index is 12.4. The summed E-state index contributed by atoms with van der Waals surface area (Å²) in [5.74, 6) is 0.0166. The topological polar surface area (TPSA) is 156 Å². The molecule has 170 valence electrons. The molecule has 0 radical (unpaired) electrons. The number of hydrogen-bond acceptors (Lipinski definition) is 8. The molecule has 1 heterocycles. The average Bonchev–Trinajstić information content (AvgIpc) is 3.16. The second kappa shape index (κ2) is 10.0. The third-order valence-electron chi connectivity index (χ3n) is 4.06. The minimum absolute atomic E-state index is 0.000143. The predicted molar refractivity (Wildman–Crippen MR) is 125 cm³/mol. The lowest BCUT2D eigenvalue weighted by molar-refractivity contribution is -0.384. The van der Waals surface area contributed by atoms with Crippen LogP contribution in [0.5, 0.6) is 0 Å². The Morgan fingerprint density at radius 2 is 1.82 bits per heavy atom. The number of nitro groups is 1. The van der Waals surface area contributed by atoms with Crippen LogP contribution in [0.2, 0.25) is 0 Å². The number of anilines is 2. The molecule has 0 saturated heterocycles. The van der Waals surface area contributed by atoms with E-state index >= 15 is 0 Å². The molecule has 0 aliphatic carbocycles. The summed E-state index contributed by atoms with van der Waals surface area (Å²) in [6.45, 7) is 1.64. The molecular formula is C20H17N5O6S2. The van der Waals surface area contributed by atoms with Crippen molar-refractivity contribution in [2.45, 2.75) is 11.8 Å². The van der Waals surface area contributed by atoms with E-state index in [4.69, 9.17) is 16.7 Å². The number of carbonyl (C=O) groups excluding carboxylic acids is 1. The van der Waals surface area contributed by atoms with Gasteiger partial charge in [0.15, 0.2) is 10.9 Å². The predicted octanol–water partition coefficient (Wildman–Crippen LogP) is 3.22. The molecule has 0 unspecified atom stereocenters. The van der Waals surface area contributed by atoms with Crippen LogP contribution in [0.1, 0.15) is 11.3 Å². The van der Waals surface area contributed by atoms with Crippen LogP contribution in [0, 0.1) is 17.0 Å². The first kappa shape index (κ1) is 23.6. The zero-order chi connectivity index (χ0) is 24.0. The Morgan fingerprint density at radius 3 is 2.39 bits per heavy atom. The highest BCUT2D eigenvalue weighted by molar-refractivity contribution is 7.92. The number of benzene rings is 2. The Hall–Kier alpha value is -4.10. The highest BCUT2D eigenvalue weighted by Crippen LogP contribution is 2.18. The average molecular weight is 488 g/mol. The van der Waals surface area contributed by atoms with Crippen molar-refractivity contribution in [3.63, 3.8) is 0 Å². The zero-order valence-corrected chi connectivity index (χ0v) is 18.6. The van der Waals surface area contributed by atoms with Crippen LogP contribution in [0.3, 0.4) is 0 Å². The van der Waals surface area contributed by atoms with Gasteiger partial charge in [0.05, 0.1) is 9.82 Å². The van der Waals surface area contributed by atoms with Crippen molar-refractivity contribution < 1.29 is 22.7 Å². The molecular weight excluding hydrogens is 470 g/mol. The minimum Gasteiger partial charge on any atom is -0.360 e. The van der Waals surface area contributed by atoms with Crippen LogP contribution < -0.4 is 15.4 Å². The van der Waals surface area contributed by atoms with Crippen molar-refractivity contribution in [1.82, 2.24) is 10.5 Å². The number of rotatable bonds is 7. The smallest absolute Gasteiger partial charge is 0.269 e. The fraction of sp³-hybridized carbons (Fsp3) is 0.0500.